The predicted molar refractivity (Wildman–Crippen MR) is 91.0 cm³/mol. The number of rotatable bonds is 6. The molecule has 132 valence electrons. The van der Waals surface area contributed by atoms with Gasteiger partial charge in [-0.05, 0) is 61.7 Å². The van der Waals surface area contributed by atoms with Gasteiger partial charge in [0, 0.05) is 17.6 Å². The average Bonchev–Trinajstić information content (AvgIpc) is 3.10. The van der Waals surface area contributed by atoms with Crippen molar-refractivity contribution in [1.82, 2.24) is 0 Å². The molecule has 0 saturated heterocycles. The molecule has 4 nitrogen and oxygen atoms in total. The van der Waals surface area contributed by atoms with Crippen LogP contribution in [-0.4, -0.2) is 25.2 Å². The normalized spacial score (nSPS) is 39.8. The van der Waals surface area contributed by atoms with Gasteiger partial charge in [-0.25, -0.2) is 9.59 Å². The minimum absolute atomic E-state index is 0.0986. The van der Waals surface area contributed by atoms with Crippen molar-refractivity contribution >= 4 is 11.9 Å². The standard InChI is InChI=1S/C20H28O4/c1-4-18(21)23-11-13-6-16-14-8-15(17(16)7-13)10-20(3,9-14)12-24-19(22)5-2/h4-5,13-17H,1-2,6-12H2,3H3. The van der Waals surface area contributed by atoms with Gasteiger partial charge in [0.1, 0.15) is 0 Å². The highest BCUT2D eigenvalue weighted by atomic mass is 16.5. The molecule has 0 amide bonds. The van der Waals surface area contributed by atoms with E-state index >= 15 is 0 Å². The molecule has 24 heavy (non-hydrogen) atoms. The second kappa shape index (κ2) is 6.73. The molecule has 3 fully saturated rings. The summed E-state index contributed by atoms with van der Waals surface area (Å²) < 4.78 is 10.6. The number of carbonyl (C=O) groups excluding carboxylic acids is 2. The van der Waals surface area contributed by atoms with E-state index in [1.165, 1.54) is 31.4 Å². The molecule has 2 bridgehead atoms. The van der Waals surface area contributed by atoms with Gasteiger partial charge >= 0.3 is 11.9 Å². The third kappa shape index (κ3) is 3.42. The van der Waals surface area contributed by atoms with E-state index in [4.69, 9.17) is 9.47 Å². The van der Waals surface area contributed by atoms with Crippen LogP contribution in [-0.2, 0) is 19.1 Å². The first kappa shape index (κ1) is 17.2. The third-order valence-electron chi connectivity index (χ3n) is 6.44. The monoisotopic (exact) mass is 332 g/mol. The lowest BCUT2D eigenvalue weighted by Gasteiger charge is -2.38. The van der Waals surface area contributed by atoms with Crippen LogP contribution in [0.15, 0.2) is 25.3 Å². The minimum atomic E-state index is -0.321. The molecule has 0 radical (unpaired) electrons. The van der Waals surface area contributed by atoms with E-state index in [1.54, 1.807) is 0 Å². The van der Waals surface area contributed by atoms with E-state index in [1.807, 2.05) is 0 Å². The van der Waals surface area contributed by atoms with Crippen molar-refractivity contribution in [1.29, 1.82) is 0 Å². The summed E-state index contributed by atoms with van der Waals surface area (Å²) in [4.78, 5) is 22.6. The van der Waals surface area contributed by atoms with Gasteiger partial charge in [0.2, 0.25) is 0 Å². The Bertz CT molecular complexity index is 518. The summed E-state index contributed by atoms with van der Waals surface area (Å²) in [6, 6.07) is 0. The van der Waals surface area contributed by atoms with Crippen LogP contribution in [0.2, 0.25) is 0 Å². The molecular weight excluding hydrogens is 304 g/mol. The van der Waals surface area contributed by atoms with E-state index < -0.39 is 0 Å². The van der Waals surface area contributed by atoms with E-state index in [0.717, 1.165) is 36.5 Å². The molecule has 0 aromatic carbocycles. The maximum absolute atomic E-state index is 11.4. The Morgan fingerprint density at radius 1 is 1.00 bits per heavy atom. The summed E-state index contributed by atoms with van der Waals surface area (Å²) in [6.45, 7) is 10.2. The topological polar surface area (TPSA) is 52.6 Å². The fourth-order valence-corrected chi connectivity index (χ4v) is 5.67. The zero-order chi connectivity index (χ0) is 17.3. The van der Waals surface area contributed by atoms with Crippen molar-refractivity contribution in [2.24, 2.45) is 35.0 Å². The van der Waals surface area contributed by atoms with Gasteiger partial charge in [-0.1, -0.05) is 20.1 Å². The molecule has 3 rings (SSSR count). The summed E-state index contributed by atoms with van der Waals surface area (Å²) in [5, 5.41) is 0. The lowest BCUT2D eigenvalue weighted by molar-refractivity contribution is -0.142. The summed E-state index contributed by atoms with van der Waals surface area (Å²) >= 11 is 0. The minimum Gasteiger partial charge on any atom is -0.462 e. The second-order valence-electron chi connectivity index (χ2n) is 8.29. The molecule has 4 atom stereocenters. The fourth-order valence-electron chi connectivity index (χ4n) is 5.67. The van der Waals surface area contributed by atoms with Crippen molar-refractivity contribution in [3.63, 3.8) is 0 Å². The Morgan fingerprint density at radius 2 is 1.54 bits per heavy atom. The van der Waals surface area contributed by atoms with Crippen LogP contribution in [0.25, 0.3) is 0 Å². The molecule has 3 saturated carbocycles. The van der Waals surface area contributed by atoms with Gasteiger partial charge in [-0.2, -0.15) is 0 Å². The Labute approximate surface area is 144 Å². The van der Waals surface area contributed by atoms with Gasteiger partial charge in [0.05, 0.1) is 13.2 Å². The van der Waals surface area contributed by atoms with Crippen LogP contribution in [0.1, 0.15) is 39.0 Å². The van der Waals surface area contributed by atoms with Gasteiger partial charge in [0.25, 0.3) is 0 Å². The summed E-state index contributed by atoms with van der Waals surface area (Å²) in [5.74, 6) is 2.81. The maximum Gasteiger partial charge on any atom is 0.330 e. The summed E-state index contributed by atoms with van der Waals surface area (Å²) in [5.41, 5.74) is 0.0986. The first-order valence-electron chi connectivity index (χ1n) is 9.02. The van der Waals surface area contributed by atoms with Crippen LogP contribution in [0, 0.1) is 35.0 Å². The second-order valence-corrected chi connectivity index (χ2v) is 8.29. The van der Waals surface area contributed by atoms with Crippen LogP contribution in [0.4, 0.5) is 0 Å². The van der Waals surface area contributed by atoms with Crippen molar-refractivity contribution in [3.05, 3.63) is 25.3 Å². The highest BCUT2D eigenvalue weighted by Crippen LogP contribution is 2.62. The lowest BCUT2D eigenvalue weighted by atomic mass is 9.69. The molecule has 0 aromatic heterocycles. The van der Waals surface area contributed by atoms with Crippen LogP contribution >= 0.6 is 0 Å². The molecule has 3 aliphatic carbocycles. The molecule has 0 aromatic rings. The van der Waals surface area contributed by atoms with Gasteiger partial charge in [-0.3, -0.25) is 0 Å². The zero-order valence-corrected chi connectivity index (χ0v) is 14.5. The van der Waals surface area contributed by atoms with Crippen molar-refractivity contribution in [3.8, 4) is 0 Å². The largest absolute Gasteiger partial charge is 0.462 e. The molecular formula is C20H28O4. The van der Waals surface area contributed by atoms with Crippen molar-refractivity contribution in [2.75, 3.05) is 13.2 Å². The van der Waals surface area contributed by atoms with Gasteiger partial charge in [0.15, 0.2) is 0 Å². The highest BCUT2D eigenvalue weighted by Gasteiger charge is 2.54. The maximum atomic E-state index is 11.4. The quantitative estimate of drug-likeness (QED) is 0.551. The fraction of sp³-hybridized carbons (Fsp3) is 0.700. The van der Waals surface area contributed by atoms with Crippen LogP contribution < -0.4 is 0 Å². The first-order valence-corrected chi connectivity index (χ1v) is 9.02. The number of carbonyl (C=O) groups is 2. The van der Waals surface area contributed by atoms with Crippen molar-refractivity contribution < 1.29 is 19.1 Å². The molecule has 3 aliphatic rings. The van der Waals surface area contributed by atoms with E-state index in [2.05, 4.69) is 20.1 Å². The molecule has 0 spiro atoms. The summed E-state index contributed by atoms with van der Waals surface area (Å²) in [6.07, 6.45) is 8.39. The Morgan fingerprint density at radius 3 is 2.08 bits per heavy atom. The molecule has 0 heterocycles. The van der Waals surface area contributed by atoms with E-state index in [0.29, 0.717) is 19.1 Å². The van der Waals surface area contributed by atoms with Crippen LogP contribution in [0.5, 0.6) is 0 Å². The Balaban J connectivity index is 1.56. The van der Waals surface area contributed by atoms with Crippen molar-refractivity contribution in [2.45, 2.75) is 39.0 Å². The molecule has 0 N–H and O–H groups in total. The number of fused-ring (bicyclic) bond motifs is 5. The Kier molecular flexibility index (Phi) is 4.84. The van der Waals surface area contributed by atoms with Crippen LogP contribution in [0.3, 0.4) is 0 Å². The highest BCUT2D eigenvalue weighted by molar-refractivity contribution is 5.81. The molecule has 4 heteroatoms. The molecule has 4 unspecified atom stereocenters. The van der Waals surface area contributed by atoms with E-state index in [9.17, 15) is 9.59 Å². The smallest absolute Gasteiger partial charge is 0.330 e. The zero-order valence-electron chi connectivity index (χ0n) is 14.5. The number of esters is 2. The number of hydrogen-bond donors (Lipinski definition) is 0. The first-order chi connectivity index (χ1) is 11.4. The lowest BCUT2D eigenvalue weighted by Crippen LogP contribution is -2.33. The number of hydrogen-bond acceptors (Lipinski definition) is 4. The molecule has 0 aliphatic heterocycles. The predicted octanol–water partition coefficient (Wildman–Crippen LogP) is 3.52. The average molecular weight is 332 g/mol. The SMILES string of the molecule is C=CC(=O)OCC1CC2C3CC(CC(C)(COC(=O)C=C)C3)C2C1. The summed E-state index contributed by atoms with van der Waals surface area (Å²) in [7, 11) is 0. The van der Waals surface area contributed by atoms with Gasteiger partial charge in [-0.15, -0.1) is 0 Å². The third-order valence-corrected chi connectivity index (χ3v) is 6.44. The number of ether oxygens (including phenoxy) is 2. The van der Waals surface area contributed by atoms with Gasteiger partial charge < -0.3 is 9.47 Å². The van der Waals surface area contributed by atoms with E-state index in [-0.39, 0.29) is 17.4 Å². The Hall–Kier alpha value is -1.58.